The third-order valence-corrected chi connectivity index (χ3v) is 5.52. The molecule has 1 amide bonds. The van der Waals surface area contributed by atoms with Gasteiger partial charge in [0, 0.05) is 42.7 Å². The highest BCUT2D eigenvalue weighted by atomic mass is 19.1. The van der Waals surface area contributed by atoms with E-state index < -0.39 is 5.82 Å². The molecule has 3 aliphatic rings. The summed E-state index contributed by atoms with van der Waals surface area (Å²) in [5.74, 6) is 0.393. The zero-order valence-electron chi connectivity index (χ0n) is 15.6. The zero-order chi connectivity index (χ0) is 18.8. The molecule has 0 unspecified atom stereocenters. The molecule has 5 nitrogen and oxygen atoms in total. The van der Waals surface area contributed by atoms with Crippen LogP contribution < -0.4 is 5.32 Å². The molecule has 3 fully saturated rings. The van der Waals surface area contributed by atoms with Crippen molar-refractivity contribution < 1.29 is 9.18 Å². The van der Waals surface area contributed by atoms with Crippen molar-refractivity contribution in [3.63, 3.8) is 0 Å². The van der Waals surface area contributed by atoms with Gasteiger partial charge in [-0.3, -0.25) is 4.79 Å². The van der Waals surface area contributed by atoms with Gasteiger partial charge in [-0.05, 0) is 55.5 Å². The Labute approximate surface area is 159 Å². The Balaban J connectivity index is 1.61. The summed E-state index contributed by atoms with van der Waals surface area (Å²) >= 11 is 0. The van der Waals surface area contributed by atoms with Crippen LogP contribution in [0.5, 0.6) is 0 Å². The van der Waals surface area contributed by atoms with Crippen LogP contribution >= 0.6 is 0 Å². The maximum Gasteiger partial charge on any atom is 0.254 e. The van der Waals surface area contributed by atoms with Crippen LogP contribution in [-0.2, 0) is 6.42 Å². The Hall–Kier alpha value is -2.34. The van der Waals surface area contributed by atoms with Crippen LogP contribution in [0.2, 0.25) is 0 Å². The van der Waals surface area contributed by atoms with Gasteiger partial charge in [0.1, 0.15) is 5.82 Å². The molecule has 0 aliphatic carbocycles. The summed E-state index contributed by atoms with van der Waals surface area (Å²) in [6.07, 6.45) is 7.64. The molecular weight excluding hydrogens is 343 g/mol. The van der Waals surface area contributed by atoms with Crippen molar-refractivity contribution in [2.75, 3.05) is 19.6 Å². The molecular formula is C21H25FN4O. The monoisotopic (exact) mass is 368 g/mol. The van der Waals surface area contributed by atoms with E-state index in [1.807, 2.05) is 4.90 Å². The zero-order valence-corrected chi connectivity index (χ0v) is 15.6. The van der Waals surface area contributed by atoms with Gasteiger partial charge in [-0.15, -0.1) is 0 Å². The number of piperidine rings is 1. The predicted molar refractivity (Wildman–Crippen MR) is 102 cm³/mol. The number of nitrogens with one attached hydrogen (secondary N) is 1. The molecule has 0 saturated carbocycles. The summed E-state index contributed by atoms with van der Waals surface area (Å²) in [4.78, 5) is 23.7. The van der Waals surface area contributed by atoms with E-state index in [2.05, 4.69) is 22.2 Å². The van der Waals surface area contributed by atoms with Gasteiger partial charge in [0.25, 0.3) is 5.91 Å². The van der Waals surface area contributed by atoms with Crippen molar-refractivity contribution >= 4 is 5.91 Å². The molecule has 142 valence electrons. The molecule has 1 aromatic heterocycles. The molecule has 2 bridgehead atoms. The van der Waals surface area contributed by atoms with Crippen LogP contribution in [0.25, 0.3) is 11.4 Å². The van der Waals surface area contributed by atoms with E-state index in [4.69, 9.17) is 0 Å². The molecule has 5 rings (SSSR count). The fourth-order valence-corrected chi connectivity index (χ4v) is 4.11. The Morgan fingerprint density at radius 1 is 1.22 bits per heavy atom. The minimum absolute atomic E-state index is 0.100. The summed E-state index contributed by atoms with van der Waals surface area (Å²) < 4.78 is 14.3. The van der Waals surface area contributed by atoms with E-state index in [1.165, 1.54) is 12.1 Å². The average molecular weight is 368 g/mol. The Kier molecular flexibility index (Phi) is 5.16. The van der Waals surface area contributed by atoms with Crippen LogP contribution in [0, 0.1) is 11.7 Å². The molecule has 0 radical (unpaired) electrons. The fourth-order valence-electron chi connectivity index (χ4n) is 4.11. The maximum atomic E-state index is 14.3. The topological polar surface area (TPSA) is 58.1 Å². The fraction of sp³-hybridized carbons (Fsp3) is 0.476. The van der Waals surface area contributed by atoms with Crippen LogP contribution in [0.15, 0.2) is 30.6 Å². The molecule has 3 saturated heterocycles. The smallest absolute Gasteiger partial charge is 0.254 e. The van der Waals surface area contributed by atoms with Crippen LogP contribution in [0.1, 0.15) is 42.1 Å². The summed E-state index contributed by atoms with van der Waals surface area (Å²) in [6, 6.07) is 4.62. The number of carbonyl (C=O) groups is 1. The van der Waals surface area contributed by atoms with Crippen molar-refractivity contribution in [1.29, 1.82) is 0 Å². The van der Waals surface area contributed by atoms with Gasteiger partial charge in [-0.25, -0.2) is 14.4 Å². The first-order valence-electron chi connectivity index (χ1n) is 9.77. The third-order valence-electron chi connectivity index (χ3n) is 5.52. The SMILES string of the molecule is CCCc1cnc(-c2cc(F)cc(C(=O)N3C[C@@H]4CC[C@H]3CNC4)c2)nc1. The number of aromatic nitrogens is 2. The normalized spacial score (nSPS) is 21.9. The number of benzene rings is 1. The van der Waals surface area contributed by atoms with E-state index in [1.54, 1.807) is 18.5 Å². The predicted octanol–water partition coefficient (Wildman–Crippen LogP) is 3.06. The average Bonchev–Trinajstić information content (AvgIpc) is 3.03. The summed E-state index contributed by atoms with van der Waals surface area (Å²) in [5.41, 5.74) is 1.97. The summed E-state index contributed by atoms with van der Waals surface area (Å²) in [6.45, 7) is 4.60. The highest BCUT2D eigenvalue weighted by Gasteiger charge is 2.34. The van der Waals surface area contributed by atoms with Crippen molar-refractivity contribution in [2.24, 2.45) is 5.92 Å². The van der Waals surface area contributed by atoms with Crippen molar-refractivity contribution in [3.8, 4) is 11.4 Å². The maximum absolute atomic E-state index is 14.3. The second-order valence-corrected chi connectivity index (χ2v) is 7.61. The highest BCUT2D eigenvalue weighted by Crippen LogP contribution is 2.27. The lowest BCUT2D eigenvalue weighted by atomic mass is 9.94. The summed E-state index contributed by atoms with van der Waals surface area (Å²) in [7, 11) is 0. The Morgan fingerprint density at radius 2 is 2.04 bits per heavy atom. The third kappa shape index (κ3) is 3.86. The molecule has 4 heterocycles. The number of hydrogen-bond acceptors (Lipinski definition) is 4. The van der Waals surface area contributed by atoms with Gasteiger partial charge in [0.2, 0.25) is 0 Å². The van der Waals surface area contributed by atoms with E-state index in [-0.39, 0.29) is 11.9 Å². The lowest BCUT2D eigenvalue weighted by Gasteiger charge is -2.36. The van der Waals surface area contributed by atoms with E-state index in [9.17, 15) is 9.18 Å². The summed E-state index contributed by atoms with van der Waals surface area (Å²) in [5, 5.41) is 3.42. The lowest BCUT2D eigenvalue weighted by Crippen LogP contribution is -2.47. The van der Waals surface area contributed by atoms with Crippen molar-refractivity contribution in [2.45, 2.75) is 38.6 Å². The highest BCUT2D eigenvalue weighted by molar-refractivity contribution is 5.95. The Morgan fingerprint density at radius 3 is 2.81 bits per heavy atom. The second kappa shape index (κ2) is 7.72. The minimum Gasteiger partial charge on any atom is -0.334 e. The lowest BCUT2D eigenvalue weighted by molar-refractivity contribution is 0.0591. The number of carbonyl (C=O) groups excluding carboxylic acids is 1. The molecule has 6 heteroatoms. The van der Waals surface area contributed by atoms with Gasteiger partial charge in [0.05, 0.1) is 0 Å². The van der Waals surface area contributed by atoms with E-state index in [0.29, 0.717) is 22.9 Å². The number of halogens is 1. The number of nitrogens with zero attached hydrogens (tertiary/aromatic N) is 3. The number of aryl methyl sites for hydroxylation is 1. The van der Waals surface area contributed by atoms with Crippen LogP contribution in [-0.4, -0.2) is 46.5 Å². The van der Waals surface area contributed by atoms with Gasteiger partial charge in [0.15, 0.2) is 5.82 Å². The molecule has 1 N–H and O–H groups in total. The minimum atomic E-state index is -0.435. The molecule has 0 spiro atoms. The number of amides is 1. The first-order valence-corrected chi connectivity index (χ1v) is 9.77. The van der Waals surface area contributed by atoms with Crippen molar-refractivity contribution in [3.05, 3.63) is 47.5 Å². The molecule has 2 aromatic rings. The number of rotatable bonds is 4. The first kappa shape index (κ1) is 18.0. The largest absolute Gasteiger partial charge is 0.334 e. The second-order valence-electron chi connectivity index (χ2n) is 7.61. The standard InChI is InChI=1S/C21H25FN4O/c1-2-3-14-10-24-20(25-11-14)16-6-17(8-18(22)7-16)21(27)26-13-15-4-5-19(26)12-23-9-15/h6-8,10-11,15,19,23H,2-5,9,12-13H2,1H3/t15-,19+/m1/s1. The van der Waals surface area contributed by atoms with Crippen molar-refractivity contribution in [1.82, 2.24) is 20.2 Å². The quantitative estimate of drug-likeness (QED) is 0.901. The van der Waals surface area contributed by atoms with Gasteiger partial charge in [-0.1, -0.05) is 13.3 Å². The number of hydrogen-bond donors (Lipinski definition) is 1. The Bertz CT molecular complexity index is 819. The first-order chi connectivity index (χ1) is 13.1. The van der Waals surface area contributed by atoms with Gasteiger partial charge >= 0.3 is 0 Å². The molecule has 3 aliphatic heterocycles. The molecule has 1 aromatic carbocycles. The van der Waals surface area contributed by atoms with Crippen LogP contribution in [0.3, 0.4) is 0 Å². The molecule has 2 atom stereocenters. The van der Waals surface area contributed by atoms with E-state index in [0.717, 1.165) is 50.9 Å². The van der Waals surface area contributed by atoms with Gasteiger partial charge in [-0.2, -0.15) is 0 Å². The van der Waals surface area contributed by atoms with Crippen LogP contribution in [0.4, 0.5) is 4.39 Å². The van der Waals surface area contributed by atoms with E-state index >= 15 is 0 Å². The number of fused-ring (bicyclic) bond motifs is 4. The van der Waals surface area contributed by atoms with Gasteiger partial charge < -0.3 is 10.2 Å². The molecule has 27 heavy (non-hydrogen) atoms.